The summed E-state index contributed by atoms with van der Waals surface area (Å²) in [6.45, 7) is 7.99. The van der Waals surface area contributed by atoms with E-state index in [9.17, 15) is 8.42 Å². The quantitative estimate of drug-likeness (QED) is 0.923. The van der Waals surface area contributed by atoms with E-state index in [1.54, 1.807) is 6.92 Å². The summed E-state index contributed by atoms with van der Waals surface area (Å²) in [6.07, 6.45) is 4.63. The Morgan fingerprint density at radius 3 is 2.74 bits per heavy atom. The van der Waals surface area contributed by atoms with Crippen LogP contribution in [0.5, 0.6) is 0 Å². The number of sulfonamides is 1. The molecule has 0 spiro atoms. The Morgan fingerprint density at radius 2 is 2.16 bits per heavy atom. The standard InChI is InChI=1S/C13H23N3O2S/c1-5-19(17,18)15-11-7-6-8-12-10(11)9-14-16(12)13(2,3)4/h9,11,15H,5-8H2,1-4H3/t11-/m1/s1. The summed E-state index contributed by atoms with van der Waals surface area (Å²) >= 11 is 0. The van der Waals surface area contributed by atoms with Crippen LogP contribution in [-0.2, 0) is 22.0 Å². The first-order valence-corrected chi connectivity index (χ1v) is 8.47. The van der Waals surface area contributed by atoms with Crippen molar-refractivity contribution in [2.75, 3.05) is 5.75 Å². The van der Waals surface area contributed by atoms with E-state index < -0.39 is 10.0 Å². The van der Waals surface area contributed by atoms with E-state index >= 15 is 0 Å². The first-order chi connectivity index (χ1) is 8.74. The van der Waals surface area contributed by atoms with Gasteiger partial charge in [-0.15, -0.1) is 0 Å². The minimum Gasteiger partial charge on any atom is -0.264 e. The Morgan fingerprint density at radius 1 is 1.47 bits per heavy atom. The molecule has 0 radical (unpaired) electrons. The molecule has 1 aromatic rings. The van der Waals surface area contributed by atoms with Gasteiger partial charge in [0, 0.05) is 11.3 Å². The lowest BCUT2D eigenvalue weighted by Gasteiger charge is -2.28. The second kappa shape index (κ2) is 4.90. The molecule has 1 N–H and O–H groups in total. The minimum absolute atomic E-state index is 0.0703. The van der Waals surface area contributed by atoms with Crippen molar-refractivity contribution in [1.29, 1.82) is 0 Å². The molecule has 1 aliphatic carbocycles. The van der Waals surface area contributed by atoms with Crippen molar-refractivity contribution in [2.24, 2.45) is 0 Å². The third kappa shape index (κ3) is 3.00. The van der Waals surface area contributed by atoms with Gasteiger partial charge in [0.15, 0.2) is 0 Å². The molecule has 1 atom stereocenters. The van der Waals surface area contributed by atoms with Crippen LogP contribution < -0.4 is 4.72 Å². The maximum absolute atomic E-state index is 11.7. The van der Waals surface area contributed by atoms with Crippen LogP contribution in [0.4, 0.5) is 0 Å². The monoisotopic (exact) mass is 285 g/mol. The maximum Gasteiger partial charge on any atom is 0.211 e. The number of hydrogen-bond acceptors (Lipinski definition) is 3. The van der Waals surface area contributed by atoms with E-state index in [0.717, 1.165) is 24.8 Å². The zero-order chi connectivity index (χ0) is 14.3. The van der Waals surface area contributed by atoms with Crippen LogP contribution in [0.3, 0.4) is 0 Å². The zero-order valence-electron chi connectivity index (χ0n) is 12.1. The van der Waals surface area contributed by atoms with Crippen molar-refractivity contribution in [3.8, 4) is 0 Å². The minimum atomic E-state index is -3.18. The Balaban J connectivity index is 2.34. The fourth-order valence-corrected chi connectivity index (χ4v) is 3.40. The van der Waals surface area contributed by atoms with Gasteiger partial charge in [0.2, 0.25) is 10.0 Å². The van der Waals surface area contributed by atoms with E-state index in [4.69, 9.17) is 0 Å². The van der Waals surface area contributed by atoms with Crippen LogP contribution >= 0.6 is 0 Å². The highest BCUT2D eigenvalue weighted by atomic mass is 32.2. The molecule has 0 saturated heterocycles. The van der Waals surface area contributed by atoms with E-state index in [1.165, 1.54) is 5.69 Å². The average molecular weight is 285 g/mol. The van der Waals surface area contributed by atoms with Gasteiger partial charge in [-0.2, -0.15) is 5.10 Å². The summed E-state index contributed by atoms with van der Waals surface area (Å²) in [5.41, 5.74) is 2.14. The highest BCUT2D eigenvalue weighted by molar-refractivity contribution is 7.89. The van der Waals surface area contributed by atoms with Gasteiger partial charge in [0.1, 0.15) is 0 Å². The topological polar surface area (TPSA) is 64.0 Å². The van der Waals surface area contributed by atoms with E-state index in [-0.39, 0.29) is 17.3 Å². The van der Waals surface area contributed by atoms with Gasteiger partial charge >= 0.3 is 0 Å². The van der Waals surface area contributed by atoms with Gasteiger partial charge in [-0.1, -0.05) is 0 Å². The molecule has 6 heteroatoms. The average Bonchev–Trinajstić information content (AvgIpc) is 2.73. The third-order valence-corrected chi connectivity index (χ3v) is 4.92. The molecule has 0 unspecified atom stereocenters. The van der Waals surface area contributed by atoms with Crippen molar-refractivity contribution in [2.45, 2.75) is 58.5 Å². The molecule has 2 rings (SSSR count). The SMILES string of the molecule is CCS(=O)(=O)N[C@@H]1CCCc2c1cnn2C(C)(C)C. The maximum atomic E-state index is 11.7. The molecule has 0 aromatic carbocycles. The Labute approximate surface area is 115 Å². The predicted octanol–water partition coefficient (Wildman–Crippen LogP) is 1.95. The van der Waals surface area contributed by atoms with Gasteiger partial charge in [-0.05, 0) is 47.0 Å². The summed E-state index contributed by atoms with van der Waals surface area (Å²) in [5.74, 6) is 0.117. The van der Waals surface area contributed by atoms with E-state index in [1.807, 2.05) is 10.9 Å². The summed E-state index contributed by atoms with van der Waals surface area (Å²) in [6, 6.07) is -0.121. The summed E-state index contributed by atoms with van der Waals surface area (Å²) in [7, 11) is -3.18. The van der Waals surface area contributed by atoms with E-state index in [2.05, 4.69) is 30.6 Å². The number of hydrogen-bond donors (Lipinski definition) is 1. The molecule has 19 heavy (non-hydrogen) atoms. The highest BCUT2D eigenvalue weighted by Gasteiger charge is 2.29. The highest BCUT2D eigenvalue weighted by Crippen LogP contribution is 2.32. The van der Waals surface area contributed by atoms with Crippen LogP contribution in [0, 0.1) is 0 Å². The number of fused-ring (bicyclic) bond motifs is 1. The van der Waals surface area contributed by atoms with Crippen LogP contribution in [0.25, 0.3) is 0 Å². The molecule has 108 valence electrons. The molecule has 0 saturated carbocycles. The lowest BCUT2D eigenvalue weighted by atomic mass is 9.93. The molecule has 0 aliphatic heterocycles. The van der Waals surface area contributed by atoms with Gasteiger partial charge in [-0.25, -0.2) is 13.1 Å². The fraction of sp³-hybridized carbons (Fsp3) is 0.769. The number of aromatic nitrogens is 2. The smallest absolute Gasteiger partial charge is 0.211 e. The summed E-state index contributed by atoms with van der Waals surface area (Å²) in [4.78, 5) is 0. The number of nitrogens with zero attached hydrogens (tertiary/aromatic N) is 2. The number of rotatable bonds is 3. The molecule has 0 fully saturated rings. The Bertz CT molecular complexity index is 555. The van der Waals surface area contributed by atoms with Gasteiger partial charge in [0.05, 0.1) is 23.5 Å². The molecular weight excluding hydrogens is 262 g/mol. The van der Waals surface area contributed by atoms with Crippen molar-refractivity contribution in [3.63, 3.8) is 0 Å². The fourth-order valence-electron chi connectivity index (χ4n) is 2.56. The lowest BCUT2D eigenvalue weighted by molar-refractivity contribution is 0.336. The zero-order valence-corrected chi connectivity index (χ0v) is 12.9. The van der Waals surface area contributed by atoms with Crippen molar-refractivity contribution in [3.05, 3.63) is 17.5 Å². The number of nitrogens with one attached hydrogen (secondary N) is 1. The van der Waals surface area contributed by atoms with Crippen LogP contribution in [0.2, 0.25) is 0 Å². The van der Waals surface area contributed by atoms with Crippen molar-refractivity contribution >= 4 is 10.0 Å². The summed E-state index contributed by atoms with van der Waals surface area (Å²) in [5, 5.41) is 4.46. The molecular formula is C13H23N3O2S. The van der Waals surface area contributed by atoms with E-state index in [0.29, 0.717) is 0 Å². The van der Waals surface area contributed by atoms with Crippen LogP contribution in [0.15, 0.2) is 6.20 Å². The summed E-state index contributed by atoms with van der Waals surface area (Å²) < 4.78 is 28.3. The second-order valence-electron chi connectivity index (χ2n) is 6.10. The molecule has 1 aliphatic rings. The molecule has 1 heterocycles. The van der Waals surface area contributed by atoms with Crippen molar-refractivity contribution in [1.82, 2.24) is 14.5 Å². The van der Waals surface area contributed by atoms with Gasteiger partial charge in [0.25, 0.3) is 0 Å². The Kier molecular flexibility index (Phi) is 3.75. The van der Waals surface area contributed by atoms with Gasteiger partial charge < -0.3 is 0 Å². The molecule has 1 aromatic heterocycles. The molecule has 0 bridgehead atoms. The Hall–Kier alpha value is -0.880. The second-order valence-corrected chi connectivity index (χ2v) is 8.14. The largest absolute Gasteiger partial charge is 0.264 e. The van der Waals surface area contributed by atoms with Crippen molar-refractivity contribution < 1.29 is 8.42 Å². The molecule has 5 nitrogen and oxygen atoms in total. The van der Waals surface area contributed by atoms with Crippen LogP contribution in [0.1, 0.15) is 57.8 Å². The first kappa shape index (κ1) is 14.5. The first-order valence-electron chi connectivity index (χ1n) is 6.82. The normalized spacial score (nSPS) is 20.3. The molecule has 0 amide bonds. The van der Waals surface area contributed by atoms with Gasteiger partial charge in [-0.3, -0.25) is 4.68 Å². The third-order valence-electron chi connectivity index (χ3n) is 3.52. The lowest BCUT2D eigenvalue weighted by Crippen LogP contribution is -2.33. The van der Waals surface area contributed by atoms with Crippen LogP contribution in [-0.4, -0.2) is 24.0 Å². The predicted molar refractivity (Wildman–Crippen MR) is 75.5 cm³/mol.